The summed E-state index contributed by atoms with van der Waals surface area (Å²) >= 11 is 3.45. The number of aromatic nitrogens is 2. The SMILES string of the molecule is CN(C)CCn1ncc(Br)c1C(=O)C1=CCCCC1. The van der Waals surface area contributed by atoms with E-state index in [0.717, 1.165) is 42.4 Å². The van der Waals surface area contributed by atoms with Crippen molar-refractivity contribution in [1.29, 1.82) is 0 Å². The Morgan fingerprint density at radius 3 is 2.89 bits per heavy atom. The Morgan fingerprint density at radius 1 is 1.47 bits per heavy atom. The zero-order chi connectivity index (χ0) is 13.8. The fourth-order valence-electron chi connectivity index (χ4n) is 2.25. The van der Waals surface area contributed by atoms with Crippen molar-refractivity contribution in [3.63, 3.8) is 0 Å². The van der Waals surface area contributed by atoms with E-state index in [4.69, 9.17) is 0 Å². The quantitative estimate of drug-likeness (QED) is 0.781. The summed E-state index contributed by atoms with van der Waals surface area (Å²) in [5, 5.41) is 4.30. The highest BCUT2D eigenvalue weighted by Crippen LogP contribution is 2.25. The predicted octanol–water partition coefficient (Wildman–Crippen LogP) is 2.89. The minimum Gasteiger partial charge on any atom is -0.308 e. The topological polar surface area (TPSA) is 38.1 Å². The molecule has 1 aliphatic rings. The Hall–Kier alpha value is -0.940. The van der Waals surface area contributed by atoms with Crippen molar-refractivity contribution in [2.24, 2.45) is 0 Å². The van der Waals surface area contributed by atoms with E-state index in [9.17, 15) is 4.79 Å². The van der Waals surface area contributed by atoms with Crippen molar-refractivity contribution < 1.29 is 4.79 Å². The lowest BCUT2D eigenvalue weighted by Gasteiger charge is -2.14. The molecule has 0 saturated carbocycles. The monoisotopic (exact) mass is 325 g/mol. The first-order valence-corrected chi connectivity index (χ1v) is 7.48. The van der Waals surface area contributed by atoms with E-state index in [0.29, 0.717) is 5.69 Å². The van der Waals surface area contributed by atoms with Crippen molar-refractivity contribution in [2.75, 3.05) is 20.6 Å². The molecule has 2 rings (SSSR count). The van der Waals surface area contributed by atoms with Gasteiger partial charge in [-0.15, -0.1) is 0 Å². The molecular weight excluding hydrogens is 306 g/mol. The second-order valence-corrected chi connectivity index (χ2v) is 6.03. The average molecular weight is 326 g/mol. The van der Waals surface area contributed by atoms with E-state index < -0.39 is 0 Å². The predicted molar refractivity (Wildman–Crippen MR) is 79.4 cm³/mol. The molecule has 0 aromatic carbocycles. The highest BCUT2D eigenvalue weighted by Gasteiger charge is 2.21. The maximum absolute atomic E-state index is 12.6. The van der Waals surface area contributed by atoms with Gasteiger partial charge in [0.15, 0.2) is 0 Å². The molecule has 0 radical (unpaired) electrons. The summed E-state index contributed by atoms with van der Waals surface area (Å²) in [5.74, 6) is 0.128. The van der Waals surface area contributed by atoms with Crippen LogP contribution in [-0.4, -0.2) is 41.1 Å². The van der Waals surface area contributed by atoms with E-state index >= 15 is 0 Å². The van der Waals surface area contributed by atoms with Gasteiger partial charge in [0.05, 0.1) is 17.2 Å². The minimum absolute atomic E-state index is 0.128. The lowest BCUT2D eigenvalue weighted by atomic mass is 9.95. The molecule has 0 aliphatic heterocycles. The molecule has 4 nitrogen and oxygen atoms in total. The summed E-state index contributed by atoms with van der Waals surface area (Å²) in [6.45, 7) is 1.60. The number of ketones is 1. The Labute approximate surface area is 122 Å². The molecule has 1 aliphatic carbocycles. The van der Waals surface area contributed by atoms with E-state index in [-0.39, 0.29) is 5.78 Å². The third-order valence-electron chi connectivity index (χ3n) is 3.35. The lowest BCUT2D eigenvalue weighted by molar-refractivity contribution is 0.101. The average Bonchev–Trinajstić information content (AvgIpc) is 2.78. The van der Waals surface area contributed by atoms with Crippen LogP contribution in [0.5, 0.6) is 0 Å². The van der Waals surface area contributed by atoms with Gasteiger partial charge in [-0.2, -0.15) is 5.10 Å². The van der Waals surface area contributed by atoms with Gasteiger partial charge in [0, 0.05) is 6.54 Å². The van der Waals surface area contributed by atoms with E-state index in [1.807, 2.05) is 18.8 Å². The summed E-state index contributed by atoms with van der Waals surface area (Å²) in [5.41, 5.74) is 1.63. The maximum Gasteiger partial charge on any atom is 0.207 e. The van der Waals surface area contributed by atoms with Crippen LogP contribution in [0.4, 0.5) is 0 Å². The molecule has 1 aromatic rings. The molecule has 19 heavy (non-hydrogen) atoms. The molecule has 0 unspecified atom stereocenters. The molecule has 0 atom stereocenters. The Balaban J connectivity index is 2.20. The van der Waals surface area contributed by atoms with Crippen molar-refractivity contribution in [2.45, 2.75) is 32.2 Å². The number of hydrogen-bond acceptors (Lipinski definition) is 3. The zero-order valence-electron chi connectivity index (χ0n) is 11.5. The first-order chi connectivity index (χ1) is 9.09. The number of rotatable bonds is 5. The third kappa shape index (κ3) is 3.54. The molecule has 0 fully saturated rings. The fraction of sp³-hybridized carbons (Fsp3) is 0.571. The highest BCUT2D eigenvalue weighted by atomic mass is 79.9. The first kappa shape index (κ1) is 14.5. The Bertz CT molecular complexity index is 491. The van der Waals surface area contributed by atoms with Gasteiger partial charge in [-0.25, -0.2) is 0 Å². The van der Waals surface area contributed by atoms with Crippen molar-refractivity contribution in [3.05, 3.63) is 28.0 Å². The van der Waals surface area contributed by atoms with Crippen molar-refractivity contribution >= 4 is 21.7 Å². The number of hydrogen-bond donors (Lipinski definition) is 0. The van der Waals surface area contributed by atoms with Gasteiger partial charge in [-0.1, -0.05) is 6.08 Å². The van der Waals surface area contributed by atoms with Crippen LogP contribution in [0, 0.1) is 0 Å². The van der Waals surface area contributed by atoms with E-state index in [2.05, 4.69) is 32.0 Å². The molecule has 1 aromatic heterocycles. The number of halogens is 1. The van der Waals surface area contributed by atoms with Crippen LogP contribution < -0.4 is 0 Å². The summed E-state index contributed by atoms with van der Waals surface area (Å²) < 4.78 is 2.60. The summed E-state index contributed by atoms with van der Waals surface area (Å²) in [6.07, 6.45) is 8.02. The Morgan fingerprint density at radius 2 is 2.26 bits per heavy atom. The molecule has 0 saturated heterocycles. The standard InChI is InChI=1S/C14H20BrN3O/c1-17(2)8-9-18-13(12(15)10-16-18)14(19)11-6-4-3-5-7-11/h6,10H,3-5,7-9H2,1-2H3. The number of allylic oxidation sites excluding steroid dienone is 2. The summed E-state index contributed by atoms with van der Waals surface area (Å²) in [7, 11) is 4.04. The number of Topliss-reactive ketones (excluding diaryl/α,β-unsaturated/α-hetero) is 1. The minimum atomic E-state index is 0.128. The van der Waals surface area contributed by atoms with Crippen LogP contribution in [0.2, 0.25) is 0 Å². The zero-order valence-corrected chi connectivity index (χ0v) is 13.1. The van der Waals surface area contributed by atoms with Gasteiger partial charge in [0.25, 0.3) is 0 Å². The second-order valence-electron chi connectivity index (χ2n) is 5.17. The molecule has 0 N–H and O–H groups in total. The highest BCUT2D eigenvalue weighted by molar-refractivity contribution is 9.10. The number of carbonyl (C=O) groups is 1. The van der Waals surface area contributed by atoms with Crippen LogP contribution in [-0.2, 0) is 6.54 Å². The third-order valence-corrected chi connectivity index (χ3v) is 3.93. The van der Waals surface area contributed by atoms with Crippen LogP contribution in [0.15, 0.2) is 22.3 Å². The van der Waals surface area contributed by atoms with Crippen LogP contribution in [0.1, 0.15) is 36.2 Å². The smallest absolute Gasteiger partial charge is 0.207 e. The molecule has 0 bridgehead atoms. The van der Waals surface area contributed by atoms with Crippen LogP contribution in [0.3, 0.4) is 0 Å². The van der Waals surface area contributed by atoms with Gasteiger partial charge in [0.1, 0.15) is 5.69 Å². The van der Waals surface area contributed by atoms with Crippen molar-refractivity contribution in [1.82, 2.24) is 14.7 Å². The Kier molecular flexibility index (Phi) is 4.93. The normalized spacial score (nSPS) is 15.7. The summed E-state index contributed by atoms with van der Waals surface area (Å²) in [6, 6.07) is 0. The van der Waals surface area contributed by atoms with Crippen LogP contribution >= 0.6 is 15.9 Å². The maximum atomic E-state index is 12.6. The lowest BCUT2D eigenvalue weighted by Crippen LogP contribution is -2.22. The first-order valence-electron chi connectivity index (χ1n) is 6.69. The number of nitrogens with zero attached hydrogens (tertiary/aromatic N) is 3. The van der Waals surface area contributed by atoms with E-state index in [1.165, 1.54) is 6.42 Å². The van der Waals surface area contributed by atoms with Gasteiger partial charge in [-0.05, 0) is 61.3 Å². The van der Waals surface area contributed by atoms with Crippen LogP contribution in [0.25, 0.3) is 0 Å². The van der Waals surface area contributed by atoms with Gasteiger partial charge >= 0.3 is 0 Å². The summed E-state index contributed by atoms with van der Waals surface area (Å²) in [4.78, 5) is 14.7. The van der Waals surface area contributed by atoms with Gasteiger partial charge < -0.3 is 4.90 Å². The number of likely N-dealkylation sites (N-methyl/N-ethyl adjacent to an activating group) is 1. The van der Waals surface area contributed by atoms with Gasteiger partial charge in [0.2, 0.25) is 5.78 Å². The van der Waals surface area contributed by atoms with Crippen molar-refractivity contribution in [3.8, 4) is 0 Å². The van der Waals surface area contributed by atoms with E-state index in [1.54, 1.807) is 6.20 Å². The van der Waals surface area contributed by atoms with Gasteiger partial charge in [-0.3, -0.25) is 9.48 Å². The molecule has 1 heterocycles. The second kappa shape index (κ2) is 6.48. The molecule has 0 amide bonds. The molecule has 104 valence electrons. The molecule has 5 heteroatoms. The fourth-order valence-corrected chi connectivity index (χ4v) is 2.73. The largest absolute Gasteiger partial charge is 0.308 e. The molecular formula is C14H20BrN3O. The number of carbonyl (C=O) groups excluding carboxylic acids is 1. The molecule has 0 spiro atoms.